The molecule has 1 heterocycles. The maximum atomic E-state index is 12.6. The molecule has 1 N–H and O–H groups in total. The van der Waals surface area contributed by atoms with Gasteiger partial charge in [0.1, 0.15) is 11.5 Å². The fraction of sp³-hybridized carbons (Fsp3) is 0.300. The van der Waals surface area contributed by atoms with Crippen LogP contribution in [0, 0.1) is 0 Å². The first kappa shape index (κ1) is 19.2. The van der Waals surface area contributed by atoms with Crippen molar-refractivity contribution in [2.75, 3.05) is 25.7 Å². The van der Waals surface area contributed by atoms with E-state index >= 15 is 0 Å². The van der Waals surface area contributed by atoms with E-state index in [2.05, 4.69) is 21.2 Å². The van der Waals surface area contributed by atoms with Gasteiger partial charge in [0, 0.05) is 25.2 Å². The van der Waals surface area contributed by atoms with Crippen molar-refractivity contribution in [3.05, 3.63) is 52.0 Å². The summed E-state index contributed by atoms with van der Waals surface area (Å²) in [6.07, 6.45) is 1.50. The largest absolute Gasteiger partial charge is 0.497 e. The minimum atomic E-state index is -0.259. The molecule has 0 radical (unpaired) electrons. The molecule has 2 aromatic rings. The van der Waals surface area contributed by atoms with Gasteiger partial charge in [-0.3, -0.25) is 9.59 Å². The van der Waals surface area contributed by atoms with Crippen LogP contribution in [0.15, 0.2) is 40.9 Å². The molecular formula is C20H21BrN2O4. The van der Waals surface area contributed by atoms with Crippen LogP contribution in [-0.2, 0) is 11.3 Å². The van der Waals surface area contributed by atoms with Crippen molar-refractivity contribution in [3.8, 4) is 11.5 Å². The van der Waals surface area contributed by atoms with Crippen LogP contribution >= 0.6 is 15.9 Å². The standard InChI is InChI=1S/C20H21BrN2O4/c1-26-15-10-16(19(27-2)17(21)11-15)20(25)22-12-13-5-7-14(8-6-13)23-9-3-4-18(23)24/h5-8,10-11H,3-4,9,12H2,1-2H3,(H,22,25). The minimum absolute atomic E-state index is 0.159. The molecule has 1 fully saturated rings. The summed E-state index contributed by atoms with van der Waals surface area (Å²) in [7, 11) is 3.06. The summed E-state index contributed by atoms with van der Waals surface area (Å²) in [5.41, 5.74) is 2.23. The summed E-state index contributed by atoms with van der Waals surface area (Å²) >= 11 is 3.39. The van der Waals surface area contributed by atoms with Gasteiger partial charge in [0.2, 0.25) is 5.91 Å². The van der Waals surface area contributed by atoms with Crippen LogP contribution in [0.3, 0.4) is 0 Å². The third kappa shape index (κ3) is 4.24. The summed E-state index contributed by atoms with van der Waals surface area (Å²) < 4.78 is 11.2. The number of benzene rings is 2. The lowest BCUT2D eigenvalue weighted by molar-refractivity contribution is -0.117. The Bertz CT molecular complexity index is 852. The number of carbonyl (C=O) groups is 2. The van der Waals surface area contributed by atoms with Crippen LogP contribution in [0.2, 0.25) is 0 Å². The highest BCUT2D eigenvalue weighted by Crippen LogP contribution is 2.33. The molecular weight excluding hydrogens is 412 g/mol. The highest BCUT2D eigenvalue weighted by Gasteiger charge is 2.21. The quantitative estimate of drug-likeness (QED) is 0.757. The molecule has 0 spiro atoms. The number of methoxy groups -OCH3 is 2. The molecule has 1 saturated heterocycles. The summed E-state index contributed by atoms with van der Waals surface area (Å²) in [5, 5.41) is 2.89. The highest BCUT2D eigenvalue weighted by molar-refractivity contribution is 9.10. The van der Waals surface area contributed by atoms with Crippen LogP contribution in [0.25, 0.3) is 0 Å². The van der Waals surface area contributed by atoms with Gasteiger partial charge in [0.05, 0.1) is 24.3 Å². The van der Waals surface area contributed by atoms with E-state index in [9.17, 15) is 9.59 Å². The van der Waals surface area contributed by atoms with Crippen LogP contribution in [-0.4, -0.2) is 32.6 Å². The predicted molar refractivity (Wildman–Crippen MR) is 106 cm³/mol. The molecule has 1 aliphatic rings. The molecule has 1 aliphatic heterocycles. The van der Waals surface area contributed by atoms with E-state index in [-0.39, 0.29) is 11.8 Å². The second-order valence-corrected chi connectivity index (χ2v) is 7.04. The number of nitrogens with one attached hydrogen (secondary N) is 1. The first-order chi connectivity index (χ1) is 13.0. The van der Waals surface area contributed by atoms with Gasteiger partial charge in [-0.2, -0.15) is 0 Å². The molecule has 0 aliphatic carbocycles. The zero-order valence-corrected chi connectivity index (χ0v) is 16.8. The molecule has 2 aromatic carbocycles. The average Bonchev–Trinajstić information content (AvgIpc) is 3.11. The minimum Gasteiger partial charge on any atom is -0.497 e. The van der Waals surface area contributed by atoms with Crippen LogP contribution in [0.1, 0.15) is 28.8 Å². The van der Waals surface area contributed by atoms with E-state index in [0.717, 1.165) is 24.2 Å². The van der Waals surface area contributed by atoms with Crippen LogP contribution in [0.5, 0.6) is 11.5 Å². The smallest absolute Gasteiger partial charge is 0.255 e. The van der Waals surface area contributed by atoms with Gasteiger partial charge in [-0.05, 0) is 52.2 Å². The van der Waals surface area contributed by atoms with Crippen LogP contribution < -0.4 is 19.7 Å². The summed E-state index contributed by atoms with van der Waals surface area (Å²) in [4.78, 5) is 26.2. The van der Waals surface area contributed by atoms with E-state index in [1.165, 1.54) is 7.11 Å². The molecule has 0 unspecified atom stereocenters. The van der Waals surface area contributed by atoms with Crippen molar-refractivity contribution in [2.45, 2.75) is 19.4 Å². The lowest BCUT2D eigenvalue weighted by Crippen LogP contribution is -2.24. The maximum absolute atomic E-state index is 12.6. The van der Waals surface area contributed by atoms with Crippen molar-refractivity contribution < 1.29 is 19.1 Å². The number of anilines is 1. The molecule has 3 rings (SSSR count). The lowest BCUT2D eigenvalue weighted by atomic mass is 10.1. The number of ether oxygens (including phenoxy) is 2. The average molecular weight is 433 g/mol. The number of halogens is 1. The SMILES string of the molecule is COc1cc(Br)c(OC)c(C(=O)NCc2ccc(N3CCCC3=O)cc2)c1. The Labute approximate surface area is 166 Å². The monoisotopic (exact) mass is 432 g/mol. The van der Waals surface area contributed by atoms with Gasteiger partial charge >= 0.3 is 0 Å². The summed E-state index contributed by atoms with van der Waals surface area (Å²) in [6.45, 7) is 1.13. The van der Waals surface area contributed by atoms with Gasteiger partial charge < -0.3 is 19.7 Å². The summed E-state index contributed by atoms with van der Waals surface area (Å²) in [5.74, 6) is 0.917. The van der Waals surface area contributed by atoms with Crippen molar-refractivity contribution in [3.63, 3.8) is 0 Å². The Balaban J connectivity index is 1.69. The Morgan fingerprint density at radius 3 is 2.52 bits per heavy atom. The molecule has 7 heteroatoms. The van der Waals surface area contributed by atoms with Gasteiger partial charge in [0.25, 0.3) is 5.91 Å². The molecule has 2 amide bonds. The molecule has 27 heavy (non-hydrogen) atoms. The number of hydrogen-bond donors (Lipinski definition) is 1. The lowest BCUT2D eigenvalue weighted by Gasteiger charge is -2.16. The molecule has 0 bridgehead atoms. The molecule has 0 aromatic heterocycles. The Hall–Kier alpha value is -2.54. The fourth-order valence-corrected chi connectivity index (χ4v) is 3.66. The van der Waals surface area contributed by atoms with Crippen molar-refractivity contribution in [1.82, 2.24) is 5.32 Å². The molecule has 0 saturated carbocycles. The van der Waals surface area contributed by atoms with Crippen LogP contribution in [0.4, 0.5) is 5.69 Å². The number of hydrogen-bond acceptors (Lipinski definition) is 4. The number of rotatable bonds is 6. The van der Waals surface area contributed by atoms with Gasteiger partial charge in [-0.1, -0.05) is 12.1 Å². The van der Waals surface area contributed by atoms with E-state index in [1.807, 2.05) is 24.3 Å². The zero-order chi connectivity index (χ0) is 19.4. The molecule has 142 valence electrons. The van der Waals surface area contributed by atoms with Gasteiger partial charge in [-0.25, -0.2) is 0 Å². The number of amides is 2. The van der Waals surface area contributed by atoms with Gasteiger partial charge in [-0.15, -0.1) is 0 Å². The Kier molecular flexibility index (Phi) is 6.01. The zero-order valence-electron chi connectivity index (χ0n) is 15.3. The van der Waals surface area contributed by atoms with E-state index in [0.29, 0.717) is 34.5 Å². The fourth-order valence-electron chi connectivity index (χ4n) is 3.05. The number of nitrogens with zero attached hydrogens (tertiary/aromatic N) is 1. The van der Waals surface area contributed by atoms with Crippen molar-refractivity contribution in [1.29, 1.82) is 0 Å². The van der Waals surface area contributed by atoms with Gasteiger partial charge in [0.15, 0.2) is 0 Å². The van der Waals surface area contributed by atoms with E-state index < -0.39 is 0 Å². The second-order valence-electron chi connectivity index (χ2n) is 6.19. The third-order valence-electron chi connectivity index (χ3n) is 4.48. The normalized spacial score (nSPS) is 13.6. The second kappa shape index (κ2) is 8.43. The first-order valence-electron chi connectivity index (χ1n) is 8.62. The molecule has 0 atom stereocenters. The summed E-state index contributed by atoms with van der Waals surface area (Å²) in [6, 6.07) is 11.0. The Morgan fingerprint density at radius 1 is 1.19 bits per heavy atom. The van der Waals surface area contributed by atoms with E-state index in [4.69, 9.17) is 9.47 Å². The Morgan fingerprint density at radius 2 is 1.93 bits per heavy atom. The van der Waals surface area contributed by atoms with Crippen molar-refractivity contribution in [2.24, 2.45) is 0 Å². The van der Waals surface area contributed by atoms with Crippen molar-refractivity contribution >= 4 is 33.4 Å². The van der Waals surface area contributed by atoms with E-state index in [1.54, 1.807) is 24.1 Å². The maximum Gasteiger partial charge on any atom is 0.255 e. The first-order valence-corrected chi connectivity index (χ1v) is 9.42. The highest BCUT2D eigenvalue weighted by atomic mass is 79.9. The topological polar surface area (TPSA) is 67.9 Å². The number of carbonyl (C=O) groups excluding carboxylic acids is 2. The predicted octanol–water partition coefficient (Wildman–Crippen LogP) is 3.52. The third-order valence-corrected chi connectivity index (χ3v) is 5.07. The molecule has 6 nitrogen and oxygen atoms in total.